The number of piperidine rings is 1. The van der Waals surface area contributed by atoms with E-state index >= 15 is 0 Å². The summed E-state index contributed by atoms with van der Waals surface area (Å²) in [5.41, 5.74) is 0. The fourth-order valence-corrected chi connectivity index (χ4v) is 3.99. The smallest absolute Gasteiger partial charge is 0.0945 e. The number of aryl methyl sites for hydroxylation is 1. The van der Waals surface area contributed by atoms with E-state index in [0.717, 1.165) is 12.5 Å². The Morgan fingerprint density at radius 2 is 1.91 bits per heavy atom. The maximum Gasteiger partial charge on any atom is 0.0945 e. The van der Waals surface area contributed by atoms with Gasteiger partial charge in [0.2, 0.25) is 0 Å². The summed E-state index contributed by atoms with van der Waals surface area (Å²) in [6.07, 6.45) is 9.86. The maximum absolute atomic E-state index is 4.11. The molecule has 4 heteroatoms. The third-order valence-corrected chi connectivity index (χ3v) is 5.47. The molecule has 0 saturated carbocycles. The summed E-state index contributed by atoms with van der Waals surface area (Å²) < 4.78 is 2.20. The Labute approximate surface area is 137 Å². The van der Waals surface area contributed by atoms with E-state index in [1.165, 1.54) is 49.5 Å². The first-order valence-corrected chi connectivity index (χ1v) is 9.24. The molecule has 3 rings (SSSR count). The predicted octanol–water partition coefficient (Wildman–Crippen LogP) is 3.78. The Bertz CT molecular complexity index is 519. The van der Waals surface area contributed by atoms with Crippen LogP contribution >= 0.6 is 11.8 Å². The molecule has 0 unspecified atom stereocenters. The lowest BCUT2D eigenvalue weighted by molar-refractivity contribution is 0.184. The first-order chi connectivity index (χ1) is 10.9. The second-order valence-corrected chi connectivity index (χ2v) is 7.20. The van der Waals surface area contributed by atoms with E-state index in [9.17, 15) is 0 Å². The summed E-state index contributed by atoms with van der Waals surface area (Å²) >= 11 is 1.97. The highest BCUT2D eigenvalue weighted by Gasteiger charge is 2.18. The van der Waals surface area contributed by atoms with Crippen molar-refractivity contribution in [2.45, 2.75) is 30.7 Å². The Balaban J connectivity index is 1.30. The van der Waals surface area contributed by atoms with Gasteiger partial charge in [0.25, 0.3) is 0 Å². The number of benzene rings is 1. The molecular weight excluding hydrogens is 290 g/mol. The van der Waals surface area contributed by atoms with Crippen molar-refractivity contribution >= 4 is 11.8 Å². The molecule has 1 saturated heterocycles. The van der Waals surface area contributed by atoms with Gasteiger partial charge in [-0.1, -0.05) is 18.2 Å². The Kier molecular flexibility index (Phi) is 5.96. The predicted molar refractivity (Wildman–Crippen MR) is 93.2 cm³/mol. The highest BCUT2D eigenvalue weighted by molar-refractivity contribution is 7.99. The van der Waals surface area contributed by atoms with Gasteiger partial charge < -0.3 is 9.47 Å². The van der Waals surface area contributed by atoms with Crippen LogP contribution in [-0.4, -0.2) is 39.8 Å². The normalized spacial score (nSPS) is 16.9. The molecule has 1 aliphatic heterocycles. The van der Waals surface area contributed by atoms with E-state index in [4.69, 9.17) is 0 Å². The summed E-state index contributed by atoms with van der Waals surface area (Å²) in [5, 5.41) is 0. The lowest BCUT2D eigenvalue weighted by Gasteiger charge is -2.31. The van der Waals surface area contributed by atoms with Crippen molar-refractivity contribution in [1.82, 2.24) is 14.5 Å². The number of hydrogen-bond donors (Lipinski definition) is 0. The van der Waals surface area contributed by atoms with Crippen LogP contribution in [0.5, 0.6) is 0 Å². The van der Waals surface area contributed by atoms with Gasteiger partial charge in [0.05, 0.1) is 6.33 Å². The monoisotopic (exact) mass is 315 g/mol. The highest BCUT2D eigenvalue weighted by atomic mass is 32.2. The maximum atomic E-state index is 4.11. The molecule has 118 valence electrons. The van der Waals surface area contributed by atoms with Crippen molar-refractivity contribution in [3.63, 3.8) is 0 Å². The van der Waals surface area contributed by atoms with Gasteiger partial charge in [0, 0.05) is 36.1 Å². The molecule has 1 fully saturated rings. The van der Waals surface area contributed by atoms with Crippen LogP contribution < -0.4 is 0 Å². The molecule has 0 N–H and O–H groups in total. The number of hydrogen-bond acceptors (Lipinski definition) is 3. The zero-order valence-corrected chi connectivity index (χ0v) is 13.9. The second-order valence-electron chi connectivity index (χ2n) is 6.04. The summed E-state index contributed by atoms with van der Waals surface area (Å²) in [5.74, 6) is 2.09. The van der Waals surface area contributed by atoms with Gasteiger partial charge in [0.15, 0.2) is 0 Å². The molecule has 1 aliphatic rings. The zero-order chi connectivity index (χ0) is 15.0. The third-order valence-electron chi connectivity index (χ3n) is 4.48. The average molecular weight is 315 g/mol. The van der Waals surface area contributed by atoms with Gasteiger partial charge in [-0.2, -0.15) is 0 Å². The van der Waals surface area contributed by atoms with Crippen LogP contribution in [0.4, 0.5) is 0 Å². The number of imidazole rings is 1. The van der Waals surface area contributed by atoms with Crippen molar-refractivity contribution in [1.29, 1.82) is 0 Å². The van der Waals surface area contributed by atoms with Crippen LogP contribution in [0.15, 0.2) is 53.9 Å². The molecule has 0 radical (unpaired) electrons. The summed E-state index contributed by atoms with van der Waals surface area (Å²) in [4.78, 5) is 8.12. The van der Waals surface area contributed by atoms with Crippen LogP contribution in [-0.2, 0) is 6.54 Å². The largest absolute Gasteiger partial charge is 0.337 e. The summed E-state index contributed by atoms with van der Waals surface area (Å²) in [7, 11) is 0. The summed E-state index contributed by atoms with van der Waals surface area (Å²) in [6, 6.07) is 10.7. The Morgan fingerprint density at radius 1 is 1.09 bits per heavy atom. The lowest BCUT2D eigenvalue weighted by Crippen LogP contribution is -2.35. The van der Waals surface area contributed by atoms with E-state index < -0.39 is 0 Å². The second kappa shape index (κ2) is 8.39. The minimum Gasteiger partial charge on any atom is -0.337 e. The average Bonchev–Trinajstić information content (AvgIpc) is 3.09. The van der Waals surface area contributed by atoms with Crippen LogP contribution in [0, 0.1) is 5.92 Å². The van der Waals surface area contributed by atoms with Crippen LogP contribution in [0.2, 0.25) is 0 Å². The Hall–Kier alpha value is -1.26. The zero-order valence-electron chi connectivity index (χ0n) is 13.1. The van der Waals surface area contributed by atoms with Gasteiger partial charge in [-0.25, -0.2) is 4.98 Å². The van der Waals surface area contributed by atoms with E-state index in [0.29, 0.717) is 0 Å². The topological polar surface area (TPSA) is 21.1 Å². The van der Waals surface area contributed by atoms with Gasteiger partial charge in [-0.15, -0.1) is 11.8 Å². The number of likely N-dealkylation sites (tertiary alicyclic amines) is 1. The Morgan fingerprint density at radius 3 is 2.64 bits per heavy atom. The van der Waals surface area contributed by atoms with Crippen LogP contribution in [0.3, 0.4) is 0 Å². The quantitative estimate of drug-likeness (QED) is 0.726. The van der Waals surface area contributed by atoms with Crippen molar-refractivity contribution in [2.24, 2.45) is 5.92 Å². The molecule has 0 amide bonds. The van der Waals surface area contributed by atoms with Crippen molar-refractivity contribution in [3.05, 3.63) is 49.1 Å². The minimum atomic E-state index is 0.889. The first-order valence-electron chi connectivity index (χ1n) is 8.26. The molecule has 0 spiro atoms. The molecule has 1 aromatic heterocycles. The van der Waals surface area contributed by atoms with E-state index in [2.05, 4.69) is 51.0 Å². The molecule has 3 nitrogen and oxygen atoms in total. The number of nitrogens with zero attached hydrogens (tertiary/aromatic N) is 3. The molecule has 0 aliphatic carbocycles. The molecule has 0 atom stereocenters. The van der Waals surface area contributed by atoms with Crippen molar-refractivity contribution in [3.8, 4) is 0 Å². The SMILES string of the molecule is c1ccc(SCCN2CCC(CCn3ccnc3)CC2)cc1. The lowest BCUT2D eigenvalue weighted by atomic mass is 9.93. The fourth-order valence-electron chi connectivity index (χ4n) is 3.06. The standard InChI is InChI=1S/C18H25N3S/c1-2-4-18(5-3-1)22-15-14-20-10-6-17(7-11-20)8-12-21-13-9-19-16-21/h1-5,9,13,16-17H,6-8,10-12,14-15H2. The van der Waals surface area contributed by atoms with Gasteiger partial charge in [0.1, 0.15) is 0 Å². The first kappa shape index (κ1) is 15.6. The van der Waals surface area contributed by atoms with Gasteiger partial charge in [-0.3, -0.25) is 0 Å². The third kappa shape index (κ3) is 4.89. The van der Waals surface area contributed by atoms with Gasteiger partial charge in [-0.05, 0) is 50.4 Å². The summed E-state index contributed by atoms with van der Waals surface area (Å²) in [6.45, 7) is 4.87. The molecule has 22 heavy (non-hydrogen) atoms. The molecule has 0 bridgehead atoms. The van der Waals surface area contributed by atoms with E-state index in [1.807, 2.05) is 24.3 Å². The minimum absolute atomic E-state index is 0.889. The van der Waals surface area contributed by atoms with E-state index in [-0.39, 0.29) is 0 Å². The van der Waals surface area contributed by atoms with Crippen molar-refractivity contribution < 1.29 is 0 Å². The van der Waals surface area contributed by atoms with Crippen molar-refractivity contribution in [2.75, 3.05) is 25.4 Å². The molecule has 1 aromatic carbocycles. The van der Waals surface area contributed by atoms with Crippen LogP contribution in [0.25, 0.3) is 0 Å². The van der Waals surface area contributed by atoms with Crippen LogP contribution in [0.1, 0.15) is 19.3 Å². The molecular formula is C18H25N3S. The number of thioether (sulfide) groups is 1. The fraction of sp³-hybridized carbons (Fsp3) is 0.500. The molecule has 2 heterocycles. The molecule has 2 aromatic rings. The number of rotatable bonds is 7. The number of aromatic nitrogens is 2. The van der Waals surface area contributed by atoms with Gasteiger partial charge >= 0.3 is 0 Å². The van der Waals surface area contributed by atoms with E-state index in [1.54, 1.807) is 0 Å². The highest BCUT2D eigenvalue weighted by Crippen LogP contribution is 2.22.